The van der Waals surface area contributed by atoms with Crippen molar-refractivity contribution >= 4 is 38.9 Å². The highest BCUT2D eigenvalue weighted by atomic mass is 15.1. The van der Waals surface area contributed by atoms with E-state index in [-0.39, 0.29) is 0 Å². The lowest BCUT2D eigenvalue weighted by atomic mass is 9.68. The van der Waals surface area contributed by atoms with Crippen LogP contribution in [0.25, 0.3) is 83.1 Å². The lowest BCUT2D eigenvalue weighted by molar-refractivity contribution is 0.768. The SMILES string of the molecule is c1ccc(-c2cccc(-c3ccc(N(c4ccccc4)c4ccccc4-c4ccccc4-c4ccc5c6ccccc6n(-c6ccc7c(c6)-c6ccccc6C7(c6ccccc6)c6ccccc6)c5c4)cc3)c2)cc1. The Bertz CT molecular complexity index is 4170. The summed E-state index contributed by atoms with van der Waals surface area (Å²) >= 11 is 0. The first-order chi connectivity index (χ1) is 37.2. The smallest absolute Gasteiger partial charge is 0.0713 e. The van der Waals surface area contributed by atoms with E-state index >= 15 is 0 Å². The second-order valence-corrected chi connectivity index (χ2v) is 19.6. The Hall–Kier alpha value is -9.76. The Labute approximate surface area is 438 Å². The van der Waals surface area contributed by atoms with Gasteiger partial charge in [-0.2, -0.15) is 0 Å². The summed E-state index contributed by atoms with van der Waals surface area (Å²) < 4.78 is 2.48. The van der Waals surface area contributed by atoms with Gasteiger partial charge < -0.3 is 9.47 Å². The number of hydrogen-bond donors (Lipinski definition) is 0. The van der Waals surface area contributed by atoms with Crippen molar-refractivity contribution in [1.82, 2.24) is 4.57 Å². The van der Waals surface area contributed by atoms with Gasteiger partial charge in [0.15, 0.2) is 0 Å². The van der Waals surface area contributed by atoms with Gasteiger partial charge >= 0.3 is 0 Å². The summed E-state index contributed by atoms with van der Waals surface area (Å²) in [4.78, 5) is 2.40. The number of rotatable bonds is 10. The van der Waals surface area contributed by atoms with E-state index in [0.717, 1.165) is 39.4 Å². The molecule has 1 heterocycles. The lowest BCUT2D eigenvalue weighted by Crippen LogP contribution is -2.28. The van der Waals surface area contributed by atoms with Gasteiger partial charge in [0.05, 0.1) is 22.1 Å². The molecule has 2 nitrogen and oxygen atoms in total. The zero-order valence-electron chi connectivity index (χ0n) is 41.3. The predicted molar refractivity (Wildman–Crippen MR) is 315 cm³/mol. The maximum absolute atomic E-state index is 2.48. The van der Waals surface area contributed by atoms with Crippen LogP contribution in [0.4, 0.5) is 17.1 Å². The fourth-order valence-electron chi connectivity index (χ4n) is 12.2. The number of anilines is 3. The first-order valence-electron chi connectivity index (χ1n) is 25.9. The first kappa shape index (κ1) is 44.0. The minimum absolute atomic E-state index is 0.462. The standard InChI is InChI=1S/C73H50N2/c1-5-22-51(23-6-1)53-24-21-25-54(48-53)52-40-43-59(44-41-52)74(58-30-11-4-12-31-58)70-38-19-16-35-64(70)62-33-14-13-32-61(62)55-42-46-66-65-36-17-20-39-71(65)75(72(66)49-55)60-45-47-69-67(50-60)63-34-15-18-37-68(63)73(69,56-26-7-2-8-27-56)57-28-9-3-10-29-57/h1-50H. The average molecular weight is 955 g/mol. The van der Waals surface area contributed by atoms with Gasteiger partial charge in [-0.1, -0.05) is 243 Å². The zero-order chi connectivity index (χ0) is 49.7. The summed E-state index contributed by atoms with van der Waals surface area (Å²) in [7, 11) is 0. The number of benzene rings is 12. The molecule has 0 saturated carbocycles. The Morgan fingerprint density at radius 2 is 0.773 bits per heavy atom. The van der Waals surface area contributed by atoms with Gasteiger partial charge in [-0.05, 0) is 133 Å². The third-order valence-corrected chi connectivity index (χ3v) is 15.5. The second kappa shape index (κ2) is 18.4. The molecular formula is C73H50N2. The fourth-order valence-corrected chi connectivity index (χ4v) is 12.2. The molecule has 1 aliphatic carbocycles. The molecule has 1 aromatic heterocycles. The lowest BCUT2D eigenvalue weighted by Gasteiger charge is -2.33. The summed E-state index contributed by atoms with van der Waals surface area (Å²) in [5.74, 6) is 0. The summed E-state index contributed by atoms with van der Waals surface area (Å²) in [5.41, 5.74) is 23.4. The van der Waals surface area contributed by atoms with Crippen LogP contribution in [-0.4, -0.2) is 4.57 Å². The van der Waals surface area contributed by atoms with Crippen molar-refractivity contribution in [2.75, 3.05) is 4.90 Å². The molecule has 0 atom stereocenters. The van der Waals surface area contributed by atoms with Crippen LogP contribution in [0, 0.1) is 0 Å². The normalized spacial score (nSPS) is 12.4. The van der Waals surface area contributed by atoms with Crippen molar-refractivity contribution in [2.24, 2.45) is 0 Å². The maximum atomic E-state index is 2.48. The molecule has 0 spiro atoms. The molecule has 14 rings (SSSR count). The van der Waals surface area contributed by atoms with E-state index in [1.165, 1.54) is 83.0 Å². The van der Waals surface area contributed by atoms with Crippen molar-refractivity contribution in [1.29, 1.82) is 0 Å². The Morgan fingerprint density at radius 1 is 0.267 bits per heavy atom. The molecule has 0 N–H and O–H groups in total. The van der Waals surface area contributed by atoms with Gasteiger partial charge in [0, 0.05) is 33.4 Å². The third kappa shape index (κ3) is 7.33. The highest BCUT2D eigenvalue weighted by Gasteiger charge is 2.46. The van der Waals surface area contributed by atoms with Crippen molar-refractivity contribution in [3.05, 3.63) is 326 Å². The van der Waals surface area contributed by atoms with Crippen LogP contribution in [0.2, 0.25) is 0 Å². The molecule has 0 unspecified atom stereocenters. The van der Waals surface area contributed by atoms with Gasteiger partial charge in [-0.15, -0.1) is 0 Å². The van der Waals surface area contributed by atoms with E-state index in [1.54, 1.807) is 0 Å². The van der Waals surface area contributed by atoms with Crippen LogP contribution in [0.3, 0.4) is 0 Å². The highest BCUT2D eigenvalue weighted by Crippen LogP contribution is 2.57. The third-order valence-electron chi connectivity index (χ3n) is 15.5. The molecule has 75 heavy (non-hydrogen) atoms. The summed E-state index contributed by atoms with van der Waals surface area (Å²) in [6, 6.07) is 111. The minimum Gasteiger partial charge on any atom is -0.310 e. The highest BCUT2D eigenvalue weighted by molar-refractivity contribution is 6.11. The van der Waals surface area contributed by atoms with Crippen LogP contribution in [0.5, 0.6) is 0 Å². The molecule has 1 aliphatic rings. The van der Waals surface area contributed by atoms with Crippen molar-refractivity contribution < 1.29 is 0 Å². The van der Waals surface area contributed by atoms with E-state index in [9.17, 15) is 0 Å². The second-order valence-electron chi connectivity index (χ2n) is 19.6. The van der Waals surface area contributed by atoms with Crippen LogP contribution >= 0.6 is 0 Å². The quantitative estimate of drug-likeness (QED) is 0.133. The summed E-state index contributed by atoms with van der Waals surface area (Å²) in [5, 5.41) is 2.46. The zero-order valence-corrected chi connectivity index (χ0v) is 41.3. The Kier molecular flexibility index (Phi) is 10.8. The average Bonchev–Trinajstić information content (AvgIpc) is 4.06. The molecule has 0 amide bonds. The topological polar surface area (TPSA) is 8.17 Å². The maximum Gasteiger partial charge on any atom is 0.0713 e. The van der Waals surface area contributed by atoms with Gasteiger partial charge in [0.2, 0.25) is 0 Å². The van der Waals surface area contributed by atoms with E-state index in [0.29, 0.717) is 0 Å². The van der Waals surface area contributed by atoms with Gasteiger partial charge in [0.25, 0.3) is 0 Å². The van der Waals surface area contributed by atoms with E-state index in [1.807, 2.05) is 0 Å². The first-order valence-corrected chi connectivity index (χ1v) is 25.9. The Balaban J connectivity index is 0.898. The largest absolute Gasteiger partial charge is 0.310 e. The minimum atomic E-state index is -0.462. The summed E-state index contributed by atoms with van der Waals surface area (Å²) in [6.45, 7) is 0. The monoisotopic (exact) mass is 954 g/mol. The predicted octanol–water partition coefficient (Wildman–Crippen LogP) is 19.3. The molecule has 0 saturated heterocycles. The molecule has 2 heteroatoms. The van der Waals surface area contributed by atoms with E-state index in [2.05, 4.69) is 313 Å². The molecule has 0 fully saturated rings. The molecule has 0 aliphatic heterocycles. The molecule has 13 aromatic rings. The van der Waals surface area contributed by atoms with Crippen molar-refractivity contribution in [3.63, 3.8) is 0 Å². The van der Waals surface area contributed by atoms with Crippen LogP contribution in [-0.2, 0) is 5.41 Å². The van der Waals surface area contributed by atoms with E-state index in [4.69, 9.17) is 0 Å². The van der Waals surface area contributed by atoms with Crippen molar-refractivity contribution in [2.45, 2.75) is 5.41 Å². The Morgan fingerprint density at radius 3 is 1.49 bits per heavy atom. The number of aromatic nitrogens is 1. The number of hydrogen-bond acceptors (Lipinski definition) is 1. The van der Waals surface area contributed by atoms with E-state index < -0.39 is 5.41 Å². The molecule has 352 valence electrons. The molecular weight excluding hydrogens is 905 g/mol. The molecule has 12 aromatic carbocycles. The van der Waals surface area contributed by atoms with Gasteiger partial charge in [0.1, 0.15) is 0 Å². The molecule has 0 bridgehead atoms. The van der Waals surface area contributed by atoms with Crippen molar-refractivity contribution in [3.8, 4) is 61.3 Å². The van der Waals surface area contributed by atoms with Crippen LogP contribution in [0.15, 0.2) is 303 Å². The van der Waals surface area contributed by atoms with Gasteiger partial charge in [-0.25, -0.2) is 0 Å². The van der Waals surface area contributed by atoms with Crippen LogP contribution < -0.4 is 4.90 Å². The van der Waals surface area contributed by atoms with Crippen LogP contribution in [0.1, 0.15) is 22.3 Å². The number of para-hydroxylation sites is 3. The summed E-state index contributed by atoms with van der Waals surface area (Å²) in [6.07, 6.45) is 0. The fraction of sp³-hybridized carbons (Fsp3) is 0.0137. The number of fused-ring (bicyclic) bond motifs is 6. The molecule has 0 radical (unpaired) electrons. The number of nitrogens with zero attached hydrogens (tertiary/aromatic N) is 2. The van der Waals surface area contributed by atoms with Gasteiger partial charge in [-0.3, -0.25) is 0 Å².